The van der Waals surface area contributed by atoms with E-state index in [1.54, 1.807) is 0 Å². The highest BCUT2D eigenvalue weighted by atomic mass is 35.5. The van der Waals surface area contributed by atoms with Crippen molar-refractivity contribution in [3.05, 3.63) is 40.9 Å². The van der Waals surface area contributed by atoms with Crippen LogP contribution in [0.4, 0.5) is 0 Å². The molecular formula is C14H23Cl3N2. The van der Waals surface area contributed by atoms with Gasteiger partial charge in [-0.1, -0.05) is 42.8 Å². The number of hydrogen-bond donors (Lipinski definition) is 2. The van der Waals surface area contributed by atoms with E-state index >= 15 is 0 Å². The number of rotatable bonds is 8. The molecule has 110 valence electrons. The van der Waals surface area contributed by atoms with Crippen molar-refractivity contribution in [2.75, 3.05) is 26.2 Å². The fraction of sp³-hybridized carbons (Fsp3) is 0.429. The van der Waals surface area contributed by atoms with Gasteiger partial charge < -0.3 is 10.6 Å². The molecule has 0 fully saturated rings. The fourth-order valence-corrected chi connectivity index (χ4v) is 1.60. The van der Waals surface area contributed by atoms with E-state index in [1.807, 2.05) is 24.3 Å². The molecule has 0 bridgehead atoms. The van der Waals surface area contributed by atoms with Crippen LogP contribution in [0.25, 0.3) is 6.08 Å². The molecule has 0 atom stereocenters. The maximum atomic E-state index is 5.81. The van der Waals surface area contributed by atoms with E-state index in [2.05, 4.69) is 29.7 Å². The molecular weight excluding hydrogens is 303 g/mol. The molecule has 1 aromatic rings. The maximum Gasteiger partial charge on any atom is 0.0406 e. The molecule has 0 spiro atoms. The van der Waals surface area contributed by atoms with E-state index < -0.39 is 0 Å². The van der Waals surface area contributed by atoms with Crippen molar-refractivity contribution in [3.63, 3.8) is 0 Å². The third-order valence-electron chi connectivity index (χ3n) is 2.40. The molecule has 5 heteroatoms. The highest BCUT2D eigenvalue weighted by molar-refractivity contribution is 6.30. The summed E-state index contributed by atoms with van der Waals surface area (Å²) >= 11 is 5.81. The lowest BCUT2D eigenvalue weighted by atomic mass is 10.2. The first-order chi connectivity index (χ1) is 8.33. The average Bonchev–Trinajstić information content (AvgIpc) is 2.35. The summed E-state index contributed by atoms with van der Waals surface area (Å²) in [4.78, 5) is 0. The predicted octanol–water partition coefficient (Wildman–Crippen LogP) is 3.79. The molecule has 1 aromatic carbocycles. The Morgan fingerprint density at radius 2 is 1.68 bits per heavy atom. The van der Waals surface area contributed by atoms with Gasteiger partial charge in [-0.3, -0.25) is 0 Å². The summed E-state index contributed by atoms with van der Waals surface area (Å²) in [6.45, 7) is 6.23. The third-order valence-corrected chi connectivity index (χ3v) is 2.65. The van der Waals surface area contributed by atoms with Crippen molar-refractivity contribution >= 4 is 42.5 Å². The maximum absolute atomic E-state index is 5.81. The van der Waals surface area contributed by atoms with Gasteiger partial charge in [0.15, 0.2) is 0 Å². The van der Waals surface area contributed by atoms with Crippen molar-refractivity contribution in [1.82, 2.24) is 10.6 Å². The zero-order chi connectivity index (χ0) is 12.3. The molecule has 0 unspecified atom stereocenters. The van der Waals surface area contributed by atoms with Crippen LogP contribution in [0.3, 0.4) is 0 Å². The summed E-state index contributed by atoms with van der Waals surface area (Å²) < 4.78 is 0. The van der Waals surface area contributed by atoms with Crippen LogP contribution in [0.5, 0.6) is 0 Å². The first-order valence-corrected chi connectivity index (χ1v) is 6.54. The van der Waals surface area contributed by atoms with Gasteiger partial charge in [0.2, 0.25) is 0 Å². The van der Waals surface area contributed by atoms with E-state index in [1.165, 1.54) is 12.0 Å². The van der Waals surface area contributed by atoms with Gasteiger partial charge in [-0.25, -0.2) is 0 Å². The predicted molar refractivity (Wildman–Crippen MR) is 91.0 cm³/mol. The Morgan fingerprint density at radius 1 is 1.05 bits per heavy atom. The first-order valence-electron chi connectivity index (χ1n) is 6.16. The highest BCUT2D eigenvalue weighted by Gasteiger charge is 1.88. The number of hydrogen-bond acceptors (Lipinski definition) is 2. The van der Waals surface area contributed by atoms with Crippen LogP contribution >= 0.6 is 36.4 Å². The quantitative estimate of drug-likeness (QED) is 0.711. The van der Waals surface area contributed by atoms with Crippen LogP contribution in [0.2, 0.25) is 5.02 Å². The van der Waals surface area contributed by atoms with Crippen LogP contribution in [-0.4, -0.2) is 26.2 Å². The molecule has 2 N–H and O–H groups in total. The smallest absolute Gasteiger partial charge is 0.0406 e. The molecule has 2 nitrogen and oxygen atoms in total. The lowest BCUT2D eigenvalue weighted by Crippen LogP contribution is -2.21. The molecule has 0 aliphatic rings. The van der Waals surface area contributed by atoms with Crippen molar-refractivity contribution in [2.24, 2.45) is 0 Å². The second-order valence-electron chi connectivity index (χ2n) is 3.87. The molecule has 0 aliphatic heterocycles. The Balaban J connectivity index is 0. The summed E-state index contributed by atoms with van der Waals surface area (Å²) in [6.07, 6.45) is 5.41. The second kappa shape index (κ2) is 14.2. The molecule has 1 rings (SSSR count). The van der Waals surface area contributed by atoms with E-state index in [-0.39, 0.29) is 24.8 Å². The van der Waals surface area contributed by atoms with Crippen LogP contribution in [0.1, 0.15) is 18.9 Å². The zero-order valence-electron chi connectivity index (χ0n) is 11.2. The van der Waals surface area contributed by atoms with Gasteiger partial charge in [0, 0.05) is 11.6 Å². The molecule has 0 saturated carbocycles. The lowest BCUT2D eigenvalue weighted by Gasteiger charge is -2.02. The largest absolute Gasteiger partial charge is 0.317 e. The van der Waals surface area contributed by atoms with Gasteiger partial charge in [0.05, 0.1) is 0 Å². The molecule has 0 amide bonds. The fourth-order valence-electron chi connectivity index (χ4n) is 1.47. The minimum atomic E-state index is 0. The normalized spacial score (nSPS) is 10.0. The summed E-state index contributed by atoms with van der Waals surface area (Å²) in [6, 6.07) is 7.85. The van der Waals surface area contributed by atoms with E-state index in [9.17, 15) is 0 Å². The average molecular weight is 326 g/mol. The highest BCUT2D eigenvalue weighted by Crippen LogP contribution is 2.10. The summed E-state index contributed by atoms with van der Waals surface area (Å²) in [5.41, 5.74) is 1.18. The number of benzene rings is 1. The van der Waals surface area contributed by atoms with Gasteiger partial charge in [-0.15, -0.1) is 24.8 Å². The van der Waals surface area contributed by atoms with Crippen molar-refractivity contribution in [1.29, 1.82) is 0 Å². The van der Waals surface area contributed by atoms with Crippen LogP contribution in [-0.2, 0) is 0 Å². The van der Waals surface area contributed by atoms with Gasteiger partial charge >= 0.3 is 0 Å². The van der Waals surface area contributed by atoms with E-state index in [0.717, 1.165) is 31.2 Å². The second-order valence-corrected chi connectivity index (χ2v) is 4.30. The van der Waals surface area contributed by atoms with E-state index in [0.29, 0.717) is 0 Å². The SMILES string of the molecule is CCNCCCNC/C=C/c1ccc(Cl)cc1.Cl.Cl. The third kappa shape index (κ3) is 11.3. The minimum Gasteiger partial charge on any atom is -0.317 e. The van der Waals surface area contributed by atoms with Crippen molar-refractivity contribution in [3.8, 4) is 0 Å². The summed E-state index contributed by atoms with van der Waals surface area (Å²) in [5, 5.41) is 7.45. The monoisotopic (exact) mass is 324 g/mol. The van der Waals surface area contributed by atoms with Crippen LogP contribution < -0.4 is 10.6 Å². The molecule has 0 saturated heterocycles. The summed E-state index contributed by atoms with van der Waals surface area (Å²) in [5.74, 6) is 0. The molecule has 0 aliphatic carbocycles. The standard InChI is InChI=1S/C14H21ClN2.2ClH/c1-2-16-11-4-12-17-10-3-5-13-6-8-14(15)9-7-13;;/h3,5-9,16-17H,2,4,10-12H2,1H3;2*1H/b5-3+;;. The van der Waals surface area contributed by atoms with Gasteiger partial charge in [-0.05, 0) is 43.8 Å². The number of nitrogens with one attached hydrogen (secondary N) is 2. The van der Waals surface area contributed by atoms with Gasteiger partial charge in [0.1, 0.15) is 0 Å². The lowest BCUT2D eigenvalue weighted by molar-refractivity contribution is 0.629. The Morgan fingerprint density at radius 3 is 2.32 bits per heavy atom. The first kappa shape index (κ1) is 21.1. The Kier molecular flexibility index (Phi) is 15.7. The van der Waals surface area contributed by atoms with Crippen LogP contribution in [0, 0.1) is 0 Å². The van der Waals surface area contributed by atoms with Gasteiger partial charge in [-0.2, -0.15) is 0 Å². The van der Waals surface area contributed by atoms with E-state index in [4.69, 9.17) is 11.6 Å². The van der Waals surface area contributed by atoms with Crippen molar-refractivity contribution in [2.45, 2.75) is 13.3 Å². The Labute approximate surface area is 133 Å². The molecule has 19 heavy (non-hydrogen) atoms. The molecule has 0 heterocycles. The zero-order valence-corrected chi connectivity index (χ0v) is 13.6. The van der Waals surface area contributed by atoms with Gasteiger partial charge in [0.25, 0.3) is 0 Å². The summed E-state index contributed by atoms with van der Waals surface area (Å²) in [7, 11) is 0. The minimum absolute atomic E-state index is 0. The Hall–Kier alpha value is -0.250. The molecule has 0 aromatic heterocycles. The topological polar surface area (TPSA) is 24.1 Å². The molecule has 0 radical (unpaired) electrons. The number of halogens is 3. The van der Waals surface area contributed by atoms with Crippen LogP contribution in [0.15, 0.2) is 30.3 Å². The Bertz CT molecular complexity index is 326. The van der Waals surface area contributed by atoms with Crippen molar-refractivity contribution < 1.29 is 0 Å².